The van der Waals surface area contributed by atoms with Crippen molar-refractivity contribution in [2.24, 2.45) is 0 Å². The zero-order chi connectivity index (χ0) is 13.6. The Hall–Kier alpha value is -0.200. The van der Waals surface area contributed by atoms with Crippen LogP contribution in [0.1, 0.15) is 38.5 Å². The lowest BCUT2D eigenvalue weighted by Gasteiger charge is -2.23. The third kappa shape index (κ3) is 5.36. The Morgan fingerprint density at radius 1 is 1.32 bits per heavy atom. The Balaban J connectivity index is 1.48. The number of nitrogens with one attached hydrogen (secondary N) is 1. The van der Waals surface area contributed by atoms with Crippen LogP contribution in [0.3, 0.4) is 0 Å². The fourth-order valence-corrected chi connectivity index (χ4v) is 2.85. The first-order valence-electron chi connectivity index (χ1n) is 7.48. The smallest absolute Gasteiger partial charge is 0.0897 e. The van der Waals surface area contributed by atoms with Crippen LogP contribution in [0.15, 0.2) is 0 Å². The number of rotatable bonds is 8. The minimum Gasteiger partial charge on any atom is -0.389 e. The molecule has 0 amide bonds. The van der Waals surface area contributed by atoms with E-state index in [1.165, 1.54) is 0 Å². The molecule has 3 N–H and O–H groups in total. The van der Waals surface area contributed by atoms with Crippen molar-refractivity contribution < 1.29 is 19.7 Å². The van der Waals surface area contributed by atoms with Crippen LogP contribution in [-0.2, 0) is 9.47 Å². The second-order valence-corrected chi connectivity index (χ2v) is 5.89. The van der Waals surface area contributed by atoms with Crippen LogP contribution in [0, 0.1) is 0 Å². The fraction of sp³-hybridized carbons (Fsp3) is 1.00. The van der Waals surface area contributed by atoms with E-state index in [0.29, 0.717) is 26.3 Å². The molecule has 2 fully saturated rings. The molecule has 1 saturated heterocycles. The minimum absolute atomic E-state index is 0.208. The van der Waals surface area contributed by atoms with Gasteiger partial charge in [0.05, 0.1) is 31.0 Å². The van der Waals surface area contributed by atoms with E-state index >= 15 is 0 Å². The lowest BCUT2D eigenvalue weighted by Crippen LogP contribution is -2.41. The normalized spacial score (nSPS) is 27.8. The molecular weight excluding hydrogens is 246 g/mol. The summed E-state index contributed by atoms with van der Waals surface area (Å²) in [6.07, 6.45) is 5.79. The van der Waals surface area contributed by atoms with Gasteiger partial charge in [-0.2, -0.15) is 0 Å². The van der Waals surface area contributed by atoms with Gasteiger partial charge in [-0.25, -0.2) is 0 Å². The average molecular weight is 273 g/mol. The van der Waals surface area contributed by atoms with Gasteiger partial charge in [-0.05, 0) is 25.7 Å². The summed E-state index contributed by atoms with van der Waals surface area (Å²) >= 11 is 0. The second-order valence-electron chi connectivity index (χ2n) is 5.89. The summed E-state index contributed by atoms with van der Waals surface area (Å²) in [6.45, 7) is 2.76. The summed E-state index contributed by atoms with van der Waals surface area (Å²) in [5, 5.41) is 23.0. The number of ether oxygens (including phenoxy) is 2. The number of hydrogen-bond acceptors (Lipinski definition) is 5. The Morgan fingerprint density at radius 2 is 2.11 bits per heavy atom. The van der Waals surface area contributed by atoms with Gasteiger partial charge < -0.3 is 25.0 Å². The SMILES string of the molecule is OC(CNCC1(O)CCCC1)COCC1CCCO1. The van der Waals surface area contributed by atoms with Crippen molar-refractivity contribution in [1.82, 2.24) is 5.32 Å². The molecule has 0 aromatic carbocycles. The lowest BCUT2D eigenvalue weighted by atomic mass is 10.0. The van der Waals surface area contributed by atoms with Gasteiger partial charge in [0.25, 0.3) is 0 Å². The van der Waals surface area contributed by atoms with Gasteiger partial charge in [-0.15, -0.1) is 0 Å². The van der Waals surface area contributed by atoms with Crippen molar-refractivity contribution in [2.45, 2.75) is 56.3 Å². The van der Waals surface area contributed by atoms with E-state index in [-0.39, 0.29) is 6.10 Å². The molecule has 0 bridgehead atoms. The highest BCUT2D eigenvalue weighted by Crippen LogP contribution is 2.28. The van der Waals surface area contributed by atoms with Crippen LogP contribution in [0.25, 0.3) is 0 Å². The molecular formula is C14H27NO4. The van der Waals surface area contributed by atoms with Gasteiger partial charge in [-0.1, -0.05) is 12.8 Å². The number of hydrogen-bond donors (Lipinski definition) is 3. The summed E-state index contributed by atoms with van der Waals surface area (Å²) in [5.74, 6) is 0. The predicted octanol–water partition coefficient (Wildman–Crippen LogP) is 0.438. The standard InChI is InChI=1S/C14H27NO4/c16-12(9-18-10-13-4-3-7-19-13)8-15-11-14(17)5-1-2-6-14/h12-13,15-17H,1-11H2. The number of aliphatic hydroxyl groups is 2. The molecule has 112 valence electrons. The van der Waals surface area contributed by atoms with Crippen LogP contribution in [0.4, 0.5) is 0 Å². The zero-order valence-electron chi connectivity index (χ0n) is 11.6. The monoisotopic (exact) mass is 273 g/mol. The van der Waals surface area contributed by atoms with Crippen molar-refractivity contribution in [3.63, 3.8) is 0 Å². The van der Waals surface area contributed by atoms with Crippen molar-refractivity contribution in [2.75, 3.05) is 32.9 Å². The molecule has 19 heavy (non-hydrogen) atoms. The molecule has 1 heterocycles. The lowest BCUT2D eigenvalue weighted by molar-refractivity contribution is -0.0185. The first kappa shape index (κ1) is 15.2. The quantitative estimate of drug-likeness (QED) is 0.598. The summed E-state index contributed by atoms with van der Waals surface area (Å²) < 4.78 is 10.9. The van der Waals surface area contributed by atoms with Crippen molar-refractivity contribution in [1.29, 1.82) is 0 Å². The van der Waals surface area contributed by atoms with Gasteiger partial charge in [0.2, 0.25) is 0 Å². The molecule has 2 atom stereocenters. The molecule has 0 radical (unpaired) electrons. The highest BCUT2D eigenvalue weighted by atomic mass is 16.5. The van der Waals surface area contributed by atoms with Crippen LogP contribution in [-0.4, -0.2) is 60.9 Å². The maximum absolute atomic E-state index is 10.1. The third-order valence-corrected chi connectivity index (χ3v) is 4.01. The van der Waals surface area contributed by atoms with Crippen LogP contribution < -0.4 is 5.32 Å². The van der Waals surface area contributed by atoms with E-state index in [2.05, 4.69) is 5.32 Å². The molecule has 0 aromatic rings. The van der Waals surface area contributed by atoms with Gasteiger partial charge in [-0.3, -0.25) is 0 Å². The maximum atomic E-state index is 10.1. The highest BCUT2D eigenvalue weighted by molar-refractivity contribution is 4.86. The summed E-state index contributed by atoms with van der Waals surface area (Å²) in [7, 11) is 0. The van der Waals surface area contributed by atoms with Crippen molar-refractivity contribution in [3.05, 3.63) is 0 Å². The Morgan fingerprint density at radius 3 is 2.79 bits per heavy atom. The maximum Gasteiger partial charge on any atom is 0.0897 e. The third-order valence-electron chi connectivity index (χ3n) is 4.01. The molecule has 0 spiro atoms. The largest absolute Gasteiger partial charge is 0.389 e. The molecule has 1 aliphatic carbocycles. The van der Waals surface area contributed by atoms with Crippen molar-refractivity contribution >= 4 is 0 Å². The average Bonchev–Trinajstić information content (AvgIpc) is 3.01. The molecule has 2 rings (SSSR count). The van der Waals surface area contributed by atoms with Gasteiger partial charge in [0.15, 0.2) is 0 Å². The predicted molar refractivity (Wildman–Crippen MR) is 72.1 cm³/mol. The van der Waals surface area contributed by atoms with Crippen LogP contribution in [0.5, 0.6) is 0 Å². The zero-order valence-corrected chi connectivity index (χ0v) is 11.6. The Kier molecular flexibility index (Phi) is 6.04. The van der Waals surface area contributed by atoms with Gasteiger partial charge >= 0.3 is 0 Å². The van der Waals surface area contributed by atoms with Gasteiger partial charge in [0.1, 0.15) is 0 Å². The van der Waals surface area contributed by atoms with E-state index in [1.807, 2.05) is 0 Å². The molecule has 1 saturated carbocycles. The van der Waals surface area contributed by atoms with Gasteiger partial charge in [0, 0.05) is 19.7 Å². The van der Waals surface area contributed by atoms with E-state index in [0.717, 1.165) is 45.1 Å². The Bertz CT molecular complexity index is 250. The fourth-order valence-electron chi connectivity index (χ4n) is 2.85. The summed E-state index contributed by atoms with van der Waals surface area (Å²) in [5.41, 5.74) is -0.557. The molecule has 2 aliphatic rings. The van der Waals surface area contributed by atoms with E-state index < -0.39 is 11.7 Å². The van der Waals surface area contributed by atoms with E-state index in [1.54, 1.807) is 0 Å². The second kappa shape index (κ2) is 7.55. The van der Waals surface area contributed by atoms with Crippen LogP contribution >= 0.6 is 0 Å². The summed E-state index contributed by atoms with van der Waals surface area (Å²) in [6, 6.07) is 0. The minimum atomic E-state index is -0.557. The molecule has 5 nitrogen and oxygen atoms in total. The molecule has 2 unspecified atom stereocenters. The topological polar surface area (TPSA) is 71.0 Å². The molecule has 5 heteroatoms. The highest BCUT2D eigenvalue weighted by Gasteiger charge is 2.30. The Labute approximate surface area is 115 Å². The molecule has 0 aromatic heterocycles. The van der Waals surface area contributed by atoms with Crippen LogP contribution in [0.2, 0.25) is 0 Å². The number of aliphatic hydroxyl groups excluding tert-OH is 1. The first-order chi connectivity index (χ1) is 9.18. The van der Waals surface area contributed by atoms with Crippen molar-refractivity contribution in [3.8, 4) is 0 Å². The summed E-state index contributed by atoms with van der Waals surface area (Å²) in [4.78, 5) is 0. The van der Waals surface area contributed by atoms with E-state index in [4.69, 9.17) is 9.47 Å². The van der Waals surface area contributed by atoms with E-state index in [9.17, 15) is 10.2 Å². The first-order valence-corrected chi connectivity index (χ1v) is 7.48. The molecule has 1 aliphatic heterocycles.